The Morgan fingerprint density at radius 3 is 2.95 bits per heavy atom. The first-order chi connectivity index (χ1) is 10.7. The van der Waals surface area contributed by atoms with E-state index in [-0.39, 0.29) is 6.61 Å². The van der Waals surface area contributed by atoms with Crippen LogP contribution in [0.3, 0.4) is 0 Å². The number of anilines is 1. The third-order valence-corrected chi connectivity index (χ3v) is 4.58. The van der Waals surface area contributed by atoms with Gasteiger partial charge in [0.25, 0.3) is 0 Å². The Hall–Kier alpha value is -1.76. The first-order valence-electron chi connectivity index (χ1n) is 6.87. The fourth-order valence-corrected chi connectivity index (χ4v) is 3.24. The van der Waals surface area contributed by atoms with Crippen molar-refractivity contribution >= 4 is 28.8 Å². The van der Waals surface area contributed by atoms with Crippen LogP contribution in [0.5, 0.6) is 0 Å². The summed E-state index contributed by atoms with van der Waals surface area (Å²) < 4.78 is 7.09. The summed E-state index contributed by atoms with van der Waals surface area (Å²) in [6.45, 7) is 3.04. The normalized spacial score (nSPS) is 11.0. The minimum atomic E-state index is 0.0327. The van der Waals surface area contributed by atoms with Crippen molar-refractivity contribution < 1.29 is 9.52 Å². The number of halogens is 1. The van der Waals surface area contributed by atoms with Gasteiger partial charge in [-0.25, -0.2) is 4.68 Å². The van der Waals surface area contributed by atoms with Crippen molar-refractivity contribution in [3.63, 3.8) is 0 Å². The molecule has 0 radical (unpaired) electrons. The number of aliphatic hydroxyl groups excluding tert-OH is 1. The Kier molecular flexibility index (Phi) is 4.52. The summed E-state index contributed by atoms with van der Waals surface area (Å²) >= 11 is 7.54. The minimum absolute atomic E-state index is 0.0327. The van der Waals surface area contributed by atoms with E-state index >= 15 is 0 Å². The summed E-state index contributed by atoms with van der Waals surface area (Å²) in [6, 6.07) is 5.79. The van der Waals surface area contributed by atoms with Gasteiger partial charge in [0.05, 0.1) is 36.7 Å². The summed E-state index contributed by atoms with van der Waals surface area (Å²) in [6.07, 6.45) is 1.65. The Morgan fingerprint density at radius 2 is 2.32 bits per heavy atom. The molecule has 0 saturated carbocycles. The molecule has 0 saturated heterocycles. The van der Waals surface area contributed by atoms with Gasteiger partial charge in [-0.2, -0.15) is 5.10 Å². The molecule has 0 bridgehead atoms. The molecule has 0 spiro atoms. The number of nitrogens with one attached hydrogen (secondary N) is 1. The minimum Gasteiger partial charge on any atom is -0.469 e. The van der Waals surface area contributed by atoms with E-state index in [0.717, 1.165) is 32.7 Å². The van der Waals surface area contributed by atoms with Crippen molar-refractivity contribution in [2.24, 2.45) is 0 Å². The van der Waals surface area contributed by atoms with E-state index in [4.69, 9.17) is 16.0 Å². The Bertz CT molecular complexity index is 763. The third-order valence-electron chi connectivity index (χ3n) is 3.29. The third kappa shape index (κ3) is 3.19. The molecule has 0 aliphatic heterocycles. The van der Waals surface area contributed by atoms with Crippen molar-refractivity contribution in [2.45, 2.75) is 20.0 Å². The van der Waals surface area contributed by atoms with Crippen LogP contribution in [0.4, 0.5) is 5.82 Å². The van der Waals surface area contributed by atoms with Crippen LogP contribution in [0.2, 0.25) is 5.02 Å². The molecule has 2 N–H and O–H groups in total. The van der Waals surface area contributed by atoms with Gasteiger partial charge in [0, 0.05) is 21.9 Å². The summed E-state index contributed by atoms with van der Waals surface area (Å²) in [4.78, 5) is 1.14. The van der Waals surface area contributed by atoms with Gasteiger partial charge in [0.1, 0.15) is 11.6 Å². The highest BCUT2D eigenvalue weighted by molar-refractivity contribution is 7.10. The predicted octanol–water partition coefficient (Wildman–Crippen LogP) is 3.77. The van der Waals surface area contributed by atoms with E-state index in [1.165, 1.54) is 0 Å². The monoisotopic (exact) mass is 337 g/mol. The maximum atomic E-state index is 9.20. The van der Waals surface area contributed by atoms with E-state index in [1.54, 1.807) is 22.3 Å². The van der Waals surface area contributed by atoms with Crippen LogP contribution in [0.25, 0.3) is 11.3 Å². The first kappa shape index (κ1) is 15.1. The summed E-state index contributed by atoms with van der Waals surface area (Å²) in [5, 5.41) is 19.7. The summed E-state index contributed by atoms with van der Waals surface area (Å²) in [7, 11) is 0. The Morgan fingerprint density at radius 1 is 1.45 bits per heavy atom. The molecule has 3 rings (SSSR count). The van der Waals surface area contributed by atoms with Crippen molar-refractivity contribution in [3.05, 3.63) is 45.5 Å². The van der Waals surface area contributed by atoms with Crippen LogP contribution >= 0.6 is 22.9 Å². The van der Waals surface area contributed by atoms with Gasteiger partial charge in [0.15, 0.2) is 0 Å². The molecule has 3 aromatic rings. The number of furan rings is 1. The lowest BCUT2D eigenvalue weighted by atomic mass is 10.2. The highest BCUT2D eigenvalue weighted by Crippen LogP contribution is 2.27. The molecule has 5 nitrogen and oxygen atoms in total. The van der Waals surface area contributed by atoms with E-state index in [2.05, 4.69) is 10.4 Å². The number of thiophene rings is 1. The summed E-state index contributed by atoms with van der Waals surface area (Å²) in [5.74, 6) is 1.68. The Balaban J connectivity index is 1.82. The molecule has 0 amide bonds. The second-order valence-corrected chi connectivity index (χ2v) is 6.27. The molecule has 0 aliphatic carbocycles. The second kappa shape index (κ2) is 6.56. The lowest BCUT2D eigenvalue weighted by molar-refractivity contribution is 0.270. The number of hydrogen-bond acceptors (Lipinski definition) is 5. The average molecular weight is 338 g/mol. The average Bonchev–Trinajstić information content (AvgIpc) is 3.18. The molecule has 0 aliphatic rings. The van der Waals surface area contributed by atoms with Gasteiger partial charge >= 0.3 is 0 Å². The predicted molar refractivity (Wildman–Crippen MR) is 88.4 cm³/mol. The van der Waals surface area contributed by atoms with Crippen LogP contribution < -0.4 is 5.32 Å². The topological polar surface area (TPSA) is 63.2 Å². The van der Waals surface area contributed by atoms with Crippen LogP contribution in [0.1, 0.15) is 10.6 Å². The van der Waals surface area contributed by atoms with Crippen LogP contribution in [0.15, 0.2) is 34.3 Å². The lowest BCUT2D eigenvalue weighted by Crippen LogP contribution is -2.09. The fraction of sp³-hybridized carbons (Fsp3) is 0.267. The lowest BCUT2D eigenvalue weighted by Gasteiger charge is -2.07. The van der Waals surface area contributed by atoms with E-state index < -0.39 is 0 Å². The van der Waals surface area contributed by atoms with Crippen molar-refractivity contribution in [1.29, 1.82) is 0 Å². The van der Waals surface area contributed by atoms with Gasteiger partial charge in [0.2, 0.25) is 0 Å². The van der Waals surface area contributed by atoms with Gasteiger partial charge in [-0.05, 0) is 19.1 Å². The number of aliphatic hydroxyl groups is 1. The zero-order valence-electron chi connectivity index (χ0n) is 12.0. The standard InChI is InChI=1S/C15H16ClN3O2S/c1-10-13(2-5-21-10)14-7-15(19(18-14)3-4-20)17-8-12-6-11(16)9-22-12/h2,5-7,9,17,20H,3-4,8H2,1H3. The van der Waals surface area contributed by atoms with Gasteiger partial charge in [-0.1, -0.05) is 11.6 Å². The Labute approximate surface area is 137 Å². The quantitative estimate of drug-likeness (QED) is 0.718. The molecule has 0 aromatic carbocycles. The van der Waals surface area contributed by atoms with Crippen LogP contribution in [-0.4, -0.2) is 21.5 Å². The summed E-state index contributed by atoms with van der Waals surface area (Å²) in [5.41, 5.74) is 1.78. The molecule has 3 heterocycles. The maximum absolute atomic E-state index is 9.20. The number of rotatable bonds is 6. The van der Waals surface area contributed by atoms with E-state index in [0.29, 0.717) is 13.1 Å². The molecule has 0 atom stereocenters. The maximum Gasteiger partial charge on any atom is 0.125 e. The van der Waals surface area contributed by atoms with Crippen molar-refractivity contribution in [2.75, 3.05) is 11.9 Å². The highest BCUT2D eigenvalue weighted by Gasteiger charge is 2.13. The number of aryl methyl sites for hydroxylation is 1. The molecule has 22 heavy (non-hydrogen) atoms. The van der Waals surface area contributed by atoms with Crippen molar-refractivity contribution in [1.82, 2.24) is 9.78 Å². The molecule has 7 heteroatoms. The fourth-order valence-electron chi connectivity index (χ4n) is 2.23. The van der Waals surface area contributed by atoms with Gasteiger partial charge < -0.3 is 14.8 Å². The number of hydrogen-bond donors (Lipinski definition) is 2. The zero-order valence-corrected chi connectivity index (χ0v) is 13.6. The van der Waals surface area contributed by atoms with E-state index in [1.807, 2.05) is 30.5 Å². The smallest absolute Gasteiger partial charge is 0.125 e. The van der Waals surface area contributed by atoms with Crippen LogP contribution in [0, 0.1) is 6.92 Å². The van der Waals surface area contributed by atoms with Crippen LogP contribution in [-0.2, 0) is 13.1 Å². The number of aromatic nitrogens is 2. The van der Waals surface area contributed by atoms with Crippen molar-refractivity contribution in [3.8, 4) is 11.3 Å². The highest BCUT2D eigenvalue weighted by atomic mass is 35.5. The molecule has 0 unspecified atom stereocenters. The largest absolute Gasteiger partial charge is 0.469 e. The number of nitrogens with zero attached hydrogens (tertiary/aromatic N) is 2. The molecular formula is C15H16ClN3O2S. The zero-order chi connectivity index (χ0) is 15.5. The molecule has 3 aromatic heterocycles. The molecule has 116 valence electrons. The second-order valence-electron chi connectivity index (χ2n) is 4.84. The van der Waals surface area contributed by atoms with Gasteiger partial charge in [-0.3, -0.25) is 0 Å². The molecule has 0 fully saturated rings. The van der Waals surface area contributed by atoms with E-state index in [9.17, 15) is 5.11 Å². The SMILES string of the molecule is Cc1occc1-c1cc(NCc2cc(Cl)cs2)n(CCO)n1. The first-order valence-corrected chi connectivity index (χ1v) is 8.13. The van der Waals surface area contributed by atoms with Gasteiger partial charge in [-0.15, -0.1) is 11.3 Å². The molecular weight excluding hydrogens is 322 g/mol.